The summed E-state index contributed by atoms with van der Waals surface area (Å²) in [6, 6.07) is 15.6. The molecule has 0 aromatic heterocycles. The van der Waals surface area contributed by atoms with E-state index >= 15 is 0 Å². The number of esters is 1. The number of ether oxygens (including phenoxy) is 2. The molecule has 0 bridgehead atoms. The van der Waals surface area contributed by atoms with E-state index in [4.69, 9.17) is 9.47 Å². The highest BCUT2D eigenvalue weighted by atomic mass is 32.2. The monoisotopic (exact) mass is 387 g/mol. The maximum absolute atomic E-state index is 12.1. The average molecular weight is 388 g/mol. The quantitative estimate of drug-likeness (QED) is 0.668. The van der Waals surface area contributed by atoms with Crippen LogP contribution in [-0.4, -0.2) is 30.8 Å². The number of amides is 1. The zero-order valence-electron chi connectivity index (χ0n) is 15.9. The number of rotatable bonds is 9. The third-order valence-electron chi connectivity index (χ3n) is 3.91. The van der Waals surface area contributed by atoms with Gasteiger partial charge < -0.3 is 14.8 Å². The molecular formula is C21H25NO4S. The lowest BCUT2D eigenvalue weighted by atomic mass is 10.2. The summed E-state index contributed by atoms with van der Waals surface area (Å²) in [5, 5.41) is 2.76. The van der Waals surface area contributed by atoms with Gasteiger partial charge in [-0.15, -0.1) is 11.8 Å². The molecule has 1 amide bonds. The van der Waals surface area contributed by atoms with E-state index in [1.54, 1.807) is 14.0 Å². The molecule has 0 saturated carbocycles. The number of carbonyl (C=O) groups is 2. The first-order valence-electron chi connectivity index (χ1n) is 8.71. The first-order valence-corrected chi connectivity index (χ1v) is 9.87. The molecule has 1 N–H and O–H groups in total. The summed E-state index contributed by atoms with van der Waals surface area (Å²) in [4.78, 5) is 24.0. The molecule has 0 aliphatic heterocycles. The van der Waals surface area contributed by atoms with Gasteiger partial charge in [-0.3, -0.25) is 9.59 Å². The molecule has 2 aromatic rings. The molecule has 2 aromatic carbocycles. The van der Waals surface area contributed by atoms with E-state index in [2.05, 4.69) is 5.32 Å². The molecule has 0 heterocycles. The Hall–Kier alpha value is -2.47. The van der Waals surface area contributed by atoms with E-state index in [-0.39, 0.29) is 17.6 Å². The molecule has 0 radical (unpaired) electrons. The van der Waals surface area contributed by atoms with Gasteiger partial charge in [0.25, 0.3) is 5.91 Å². The first kappa shape index (κ1) is 20.8. The molecule has 5 nitrogen and oxygen atoms in total. The van der Waals surface area contributed by atoms with Crippen molar-refractivity contribution in [3.8, 4) is 5.75 Å². The maximum atomic E-state index is 12.1. The fourth-order valence-corrected chi connectivity index (χ4v) is 3.06. The van der Waals surface area contributed by atoms with Gasteiger partial charge in [-0.2, -0.15) is 0 Å². The van der Waals surface area contributed by atoms with Crippen LogP contribution >= 0.6 is 11.8 Å². The Morgan fingerprint density at radius 2 is 1.67 bits per heavy atom. The Morgan fingerprint density at radius 3 is 2.30 bits per heavy atom. The third kappa shape index (κ3) is 7.35. The highest BCUT2D eigenvalue weighted by Crippen LogP contribution is 2.14. The van der Waals surface area contributed by atoms with Gasteiger partial charge in [0.1, 0.15) is 5.75 Å². The zero-order valence-corrected chi connectivity index (χ0v) is 16.7. The number of benzene rings is 2. The molecule has 0 spiro atoms. The molecule has 27 heavy (non-hydrogen) atoms. The van der Waals surface area contributed by atoms with E-state index in [1.165, 1.54) is 17.3 Å². The van der Waals surface area contributed by atoms with E-state index in [1.807, 2.05) is 55.5 Å². The van der Waals surface area contributed by atoms with Gasteiger partial charge >= 0.3 is 5.97 Å². The summed E-state index contributed by atoms with van der Waals surface area (Å²) in [6.07, 6.45) is -0.823. The highest BCUT2D eigenvalue weighted by molar-refractivity contribution is 7.99. The fraction of sp³-hybridized carbons (Fsp3) is 0.333. The number of thioether (sulfide) groups is 1. The number of hydrogen-bond acceptors (Lipinski definition) is 5. The van der Waals surface area contributed by atoms with Crippen LogP contribution < -0.4 is 10.1 Å². The first-order chi connectivity index (χ1) is 13.0. The van der Waals surface area contributed by atoms with Crippen LogP contribution in [0.15, 0.2) is 48.5 Å². The Balaban J connectivity index is 1.67. The van der Waals surface area contributed by atoms with Gasteiger partial charge in [-0.1, -0.05) is 42.0 Å². The minimum Gasteiger partial charge on any atom is -0.497 e. The molecule has 0 fully saturated rings. The Kier molecular flexibility index (Phi) is 8.20. The molecular weight excluding hydrogens is 362 g/mol. The topological polar surface area (TPSA) is 64.6 Å². The number of aryl methyl sites for hydroxylation is 1. The molecule has 0 saturated heterocycles. The lowest BCUT2D eigenvalue weighted by molar-refractivity contribution is -0.152. The molecule has 2 rings (SSSR count). The molecule has 0 unspecified atom stereocenters. The predicted octanol–water partition coefficient (Wildman–Crippen LogP) is 3.48. The van der Waals surface area contributed by atoms with Crippen molar-refractivity contribution >= 4 is 23.6 Å². The number of nitrogens with one attached hydrogen (secondary N) is 1. The highest BCUT2D eigenvalue weighted by Gasteiger charge is 2.17. The normalized spacial score (nSPS) is 11.5. The number of hydrogen-bond donors (Lipinski definition) is 1. The van der Waals surface area contributed by atoms with E-state index in [0.29, 0.717) is 6.54 Å². The lowest BCUT2D eigenvalue weighted by Crippen LogP contribution is -2.35. The molecule has 6 heteroatoms. The van der Waals surface area contributed by atoms with Crippen molar-refractivity contribution in [1.82, 2.24) is 5.32 Å². The number of methoxy groups -OCH3 is 1. The Morgan fingerprint density at radius 1 is 1.04 bits per heavy atom. The Labute approximate surface area is 164 Å². The maximum Gasteiger partial charge on any atom is 0.316 e. The van der Waals surface area contributed by atoms with Gasteiger partial charge in [0.2, 0.25) is 0 Å². The summed E-state index contributed by atoms with van der Waals surface area (Å²) in [6.45, 7) is 3.98. The summed E-state index contributed by atoms with van der Waals surface area (Å²) >= 11 is 1.47. The van der Waals surface area contributed by atoms with E-state index < -0.39 is 6.10 Å². The van der Waals surface area contributed by atoms with E-state index in [0.717, 1.165) is 22.6 Å². The van der Waals surface area contributed by atoms with Crippen molar-refractivity contribution in [3.63, 3.8) is 0 Å². The Bertz CT molecular complexity index is 744. The van der Waals surface area contributed by atoms with Crippen LogP contribution in [0.1, 0.15) is 23.6 Å². The van der Waals surface area contributed by atoms with Crippen LogP contribution in [0.3, 0.4) is 0 Å². The second-order valence-corrected chi connectivity index (χ2v) is 7.16. The standard InChI is InChI=1S/C21H25NO4S/c1-15-4-6-18(7-5-15)13-27-14-20(23)26-16(2)21(24)22-12-17-8-10-19(25-3)11-9-17/h4-11,16H,12-14H2,1-3H3,(H,22,24)/t16-/m0/s1. The molecule has 0 aliphatic rings. The van der Waals surface area contributed by atoms with Crippen molar-refractivity contribution in [2.24, 2.45) is 0 Å². The van der Waals surface area contributed by atoms with Crippen LogP contribution in [0.25, 0.3) is 0 Å². The van der Waals surface area contributed by atoms with Gasteiger partial charge in [0.15, 0.2) is 6.10 Å². The van der Waals surface area contributed by atoms with Crippen molar-refractivity contribution in [3.05, 3.63) is 65.2 Å². The van der Waals surface area contributed by atoms with Crippen molar-refractivity contribution < 1.29 is 19.1 Å². The van der Waals surface area contributed by atoms with Crippen molar-refractivity contribution in [2.45, 2.75) is 32.2 Å². The minimum atomic E-state index is -0.823. The average Bonchev–Trinajstić information content (AvgIpc) is 2.68. The fourth-order valence-electron chi connectivity index (χ4n) is 2.30. The molecule has 0 aliphatic carbocycles. The second-order valence-electron chi connectivity index (χ2n) is 6.18. The minimum absolute atomic E-state index is 0.212. The molecule has 1 atom stereocenters. The van der Waals surface area contributed by atoms with Crippen LogP contribution in [0.2, 0.25) is 0 Å². The van der Waals surface area contributed by atoms with Crippen LogP contribution in [0.4, 0.5) is 0 Å². The van der Waals surface area contributed by atoms with Gasteiger partial charge in [-0.25, -0.2) is 0 Å². The van der Waals surface area contributed by atoms with Crippen molar-refractivity contribution in [1.29, 1.82) is 0 Å². The van der Waals surface area contributed by atoms with Gasteiger partial charge in [0.05, 0.1) is 12.9 Å². The molecule has 144 valence electrons. The summed E-state index contributed by atoms with van der Waals surface area (Å²) in [7, 11) is 1.60. The smallest absolute Gasteiger partial charge is 0.316 e. The summed E-state index contributed by atoms with van der Waals surface area (Å²) in [5.41, 5.74) is 3.30. The van der Waals surface area contributed by atoms with Crippen molar-refractivity contribution in [2.75, 3.05) is 12.9 Å². The van der Waals surface area contributed by atoms with Crippen LogP contribution in [-0.2, 0) is 26.6 Å². The zero-order chi connectivity index (χ0) is 19.6. The van der Waals surface area contributed by atoms with Gasteiger partial charge in [0, 0.05) is 12.3 Å². The third-order valence-corrected chi connectivity index (χ3v) is 4.89. The summed E-state index contributed by atoms with van der Waals surface area (Å²) in [5.74, 6) is 0.995. The largest absolute Gasteiger partial charge is 0.497 e. The van der Waals surface area contributed by atoms with E-state index in [9.17, 15) is 9.59 Å². The number of carbonyl (C=O) groups excluding carboxylic acids is 2. The lowest BCUT2D eigenvalue weighted by Gasteiger charge is -2.13. The van der Waals surface area contributed by atoms with Crippen LogP contribution in [0.5, 0.6) is 5.75 Å². The van der Waals surface area contributed by atoms with Crippen LogP contribution in [0, 0.1) is 6.92 Å². The predicted molar refractivity (Wildman–Crippen MR) is 108 cm³/mol. The SMILES string of the molecule is COc1ccc(CNC(=O)[C@H](C)OC(=O)CSCc2ccc(C)cc2)cc1. The van der Waals surface area contributed by atoms with Gasteiger partial charge in [-0.05, 0) is 37.1 Å². The second kappa shape index (κ2) is 10.6. The summed E-state index contributed by atoms with van der Waals surface area (Å²) < 4.78 is 10.3.